The van der Waals surface area contributed by atoms with Gasteiger partial charge in [-0.05, 0) is 63.4 Å². The molecule has 0 unspecified atom stereocenters. The van der Waals surface area contributed by atoms with Crippen LogP contribution in [0.1, 0.15) is 31.9 Å². The van der Waals surface area contributed by atoms with Gasteiger partial charge < -0.3 is 9.47 Å². The molecule has 144 valence electrons. The Kier molecular flexibility index (Phi) is 4.46. The lowest BCUT2D eigenvalue weighted by atomic mass is 9.88. The summed E-state index contributed by atoms with van der Waals surface area (Å²) in [6.07, 6.45) is 1.29. The molecule has 4 rings (SSSR count). The van der Waals surface area contributed by atoms with Crippen molar-refractivity contribution in [3.8, 4) is 28.3 Å². The first-order valence-electron chi connectivity index (χ1n) is 9.45. The summed E-state index contributed by atoms with van der Waals surface area (Å²) in [6.45, 7) is 5.57. The Morgan fingerprint density at radius 3 is 2.43 bits per heavy atom. The topological polar surface area (TPSA) is 53.4 Å². The normalized spacial score (nSPS) is 12.9. The zero-order valence-electron chi connectivity index (χ0n) is 16.7. The van der Waals surface area contributed by atoms with E-state index in [1.165, 1.54) is 10.2 Å². The Morgan fingerprint density at radius 2 is 1.75 bits per heavy atom. The fraction of sp³-hybridized carbons (Fsp3) is 0.304. The van der Waals surface area contributed by atoms with Crippen LogP contribution in [-0.2, 0) is 17.6 Å². The molecule has 0 saturated carbocycles. The Bertz CT molecular complexity index is 1030. The molecule has 1 aliphatic rings. The van der Waals surface area contributed by atoms with Crippen LogP contribution in [0.5, 0.6) is 5.75 Å². The first kappa shape index (κ1) is 18.3. The molecule has 2 aromatic carbocycles. The van der Waals surface area contributed by atoms with Gasteiger partial charge in [-0.25, -0.2) is 4.79 Å². The monoisotopic (exact) mass is 376 g/mol. The highest BCUT2D eigenvalue weighted by molar-refractivity contribution is 5.85. The van der Waals surface area contributed by atoms with E-state index in [-0.39, 0.29) is 0 Å². The highest BCUT2D eigenvalue weighted by Gasteiger charge is 2.29. The molecule has 0 amide bonds. The number of carbonyl (C=O) groups excluding carboxylic acids is 1. The molecule has 3 aromatic rings. The molecule has 1 aromatic heterocycles. The zero-order chi connectivity index (χ0) is 19.9. The number of aryl methyl sites for hydroxylation is 1. The van der Waals surface area contributed by atoms with Crippen LogP contribution >= 0.6 is 0 Å². The lowest BCUT2D eigenvalue weighted by molar-refractivity contribution is 0.0518. The van der Waals surface area contributed by atoms with Gasteiger partial charge in [0.25, 0.3) is 0 Å². The smallest absolute Gasteiger partial charge is 0.435 e. The van der Waals surface area contributed by atoms with Gasteiger partial charge in [0.1, 0.15) is 11.4 Å². The number of benzene rings is 2. The van der Waals surface area contributed by atoms with Crippen LogP contribution in [0.3, 0.4) is 0 Å². The van der Waals surface area contributed by atoms with Crippen molar-refractivity contribution in [2.75, 3.05) is 7.11 Å². The minimum atomic E-state index is -0.599. The van der Waals surface area contributed by atoms with E-state index < -0.39 is 11.7 Å². The first-order valence-corrected chi connectivity index (χ1v) is 9.45. The number of fused-ring (bicyclic) bond motifs is 3. The van der Waals surface area contributed by atoms with E-state index in [1.807, 2.05) is 57.2 Å². The van der Waals surface area contributed by atoms with Crippen molar-refractivity contribution in [2.24, 2.45) is 0 Å². The van der Waals surface area contributed by atoms with Crippen LogP contribution in [-0.4, -0.2) is 28.6 Å². The first-order chi connectivity index (χ1) is 13.4. The predicted octanol–water partition coefficient (Wildman–Crippen LogP) is 5.11. The van der Waals surface area contributed by atoms with Crippen LogP contribution in [0, 0.1) is 0 Å². The Labute approximate surface area is 164 Å². The summed E-state index contributed by atoms with van der Waals surface area (Å²) < 4.78 is 12.3. The molecule has 0 radical (unpaired) electrons. The number of rotatable bonds is 2. The standard InChI is InChI=1S/C23H24N2O3/c1-23(2,3)28-22(26)25-21(16-9-12-17(27-4)13-10-16)19-14-11-15-7-5-6-8-18(15)20(19)24-25/h5-10,12-13H,11,14H2,1-4H3. The summed E-state index contributed by atoms with van der Waals surface area (Å²) in [5.41, 5.74) is 5.39. The van der Waals surface area contributed by atoms with E-state index in [1.54, 1.807) is 7.11 Å². The maximum atomic E-state index is 13.0. The summed E-state index contributed by atoms with van der Waals surface area (Å²) in [4.78, 5) is 13.0. The maximum absolute atomic E-state index is 13.0. The van der Waals surface area contributed by atoms with Crippen molar-refractivity contribution in [1.82, 2.24) is 9.78 Å². The van der Waals surface area contributed by atoms with Crippen molar-refractivity contribution in [3.63, 3.8) is 0 Å². The Morgan fingerprint density at radius 1 is 1.04 bits per heavy atom. The molecule has 0 aliphatic heterocycles. The number of nitrogens with zero attached hydrogens (tertiary/aromatic N) is 2. The summed E-state index contributed by atoms with van der Waals surface area (Å²) in [7, 11) is 1.64. The van der Waals surface area contributed by atoms with Crippen molar-refractivity contribution in [1.29, 1.82) is 0 Å². The van der Waals surface area contributed by atoms with Crippen LogP contribution in [0.15, 0.2) is 48.5 Å². The van der Waals surface area contributed by atoms with E-state index in [9.17, 15) is 4.79 Å². The van der Waals surface area contributed by atoms with Crippen molar-refractivity contribution >= 4 is 6.09 Å². The second-order valence-electron chi connectivity index (χ2n) is 7.95. The second-order valence-corrected chi connectivity index (χ2v) is 7.95. The number of aromatic nitrogens is 2. The summed E-state index contributed by atoms with van der Waals surface area (Å²) in [5, 5.41) is 4.71. The molecular formula is C23H24N2O3. The number of methoxy groups -OCH3 is 1. The molecule has 0 bridgehead atoms. The minimum Gasteiger partial charge on any atom is -0.497 e. The van der Waals surface area contributed by atoms with E-state index in [0.717, 1.165) is 46.7 Å². The molecule has 0 N–H and O–H groups in total. The molecular weight excluding hydrogens is 352 g/mol. The van der Waals surface area contributed by atoms with Gasteiger partial charge in [0.2, 0.25) is 0 Å². The fourth-order valence-electron chi connectivity index (χ4n) is 3.62. The van der Waals surface area contributed by atoms with Crippen molar-refractivity contribution in [2.45, 2.75) is 39.2 Å². The molecule has 0 fully saturated rings. The average molecular weight is 376 g/mol. The molecule has 1 aliphatic carbocycles. The highest BCUT2D eigenvalue weighted by Crippen LogP contribution is 2.39. The molecule has 5 nitrogen and oxygen atoms in total. The van der Waals surface area contributed by atoms with Gasteiger partial charge in [-0.3, -0.25) is 0 Å². The van der Waals surface area contributed by atoms with Crippen LogP contribution in [0.25, 0.3) is 22.5 Å². The fourth-order valence-corrected chi connectivity index (χ4v) is 3.62. The van der Waals surface area contributed by atoms with Gasteiger partial charge in [-0.2, -0.15) is 9.78 Å². The summed E-state index contributed by atoms with van der Waals surface area (Å²) >= 11 is 0. The largest absolute Gasteiger partial charge is 0.497 e. The second kappa shape index (κ2) is 6.82. The van der Waals surface area contributed by atoms with E-state index in [2.05, 4.69) is 12.1 Å². The van der Waals surface area contributed by atoms with Gasteiger partial charge in [0, 0.05) is 16.7 Å². The average Bonchev–Trinajstić information content (AvgIpc) is 3.07. The van der Waals surface area contributed by atoms with E-state index in [0.29, 0.717) is 0 Å². The summed E-state index contributed by atoms with van der Waals surface area (Å²) in [6, 6.07) is 15.9. The molecule has 1 heterocycles. The van der Waals surface area contributed by atoms with Crippen LogP contribution in [0.2, 0.25) is 0 Å². The highest BCUT2D eigenvalue weighted by atomic mass is 16.6. The van der Waals surface area contributed by atoms with Crippen molar-refractivity contribution < 1.29 is 14.3 Å². The van der Waals surface area contributed by atoms with E-state index >= 15 is 0 Å². The van der Waals surface area contributed by atoms with Crippen LogP contribution in [0.4, 0.5) is 4.79 Å². The quantitative estimate of drug-likeness (QED) is 0.624. The lowest BCUT2D eigenvalue weighted by Gasteiger charge is -2.20. The number of ether oxygens (including phenoxy) is 2. The van der Waals surface area contributed by atoms with Gasteiger partial charge in [0.15, 0.2) is 0 Å². The van der Waals surface area contributed by atoms with Gasteiger partial charge in [0.05, 0.1) is 18.5 Å². The Hall–Kier alpha value is -3.08. The zero-order valence-corrected chi connectivity index (χ0v) is 16.7. The van der Waals surface area contributed by atoms with Crippen molar-refractivity contribution in [3.05, 3.63) is 59.7 Å². The molecule has 0 atom stereocenters. The molecule has 0 spiro atoms. The summed E-state index contributed by atoms with van der Waals surface area (Å²) in [5.74, 6) is 0.770. The van der Waals surface area contributed by atoms with E-state index in [4.69, 9.17) is 14.6 Å². The van der Waals surface area contributed by atoms with Gasteiger partial charge in [-0.1, -0.05) is 24.3 Å². The minimum absolute atomic E-state index is 0.467. The third-order valence-corrected chi connectivity index (χ3v) is 4.83. The third-order valence-electron chi connectivity index (χ3n) is 4.83. The molecule has 5 heteroatoms. The Balaban J connectivity index is 1.90. The van der Waals surface area contributed by atoms with Gasteiger partial charge >= 0.3 is 6.09 Å². The van der Waals surface area contributed by atoms with Crippen LogP contribution < -0.4 is 4.74 Å². The van der Waals surface area contributed by atoms with Gasteiger partial charge in [-0.15, -0.1) is 0 Å². The number of hydrogen-bond donors (Lipinski definition) is 0. The molecule has 28 heavy (non-hydrogen) atoms. The number of carbonyl (C=O) groups is 1. The number of hydrogen-bond acceptors (Lipinski definition) is 4. The molecule has 0 saturated heterocycles. The maximum Gasteiger partial charge on any atom is 0.435 e. The SMILES string of the molecule is COc1ccc(-c2c3c(nn2C(=O)OC(C)(C)C)-c2ccccc2CC3)cc1. The predicted molar refractivity (Wildman–Crippen MR) is 109 cm³/mol. The lowest BCUT2D eigenvalue weighted by Crippen LogP contribution is -2.28. The third kappa shape index (κ3) is 3.28.